The second-order valence-corrected chi connectivity index (χ2v) is 3.32. The molecule has 0 radical (unpaired) electrons. The topological polar surface area (TPSA) is 15.3 Å². The van der Waals surface area contributed by atoms with Gasteiger partial charge in [0.25, 0.3) is 0 Å². The summed E-state index contributed by atoms with van der Waals surface area (Å²) in [5, 5.41) is 3.47. The SMILES string of the molecule is CC1NCC2CC1N2C. The third kappa shape index (κ3) is 0.634. The molecule has 3 fully saturated rings. The first-order valence-electron chi connectivity index (χ1n) is 3.74. The van der Waals surface area contributed by atoms with Gasteiger partial charge < -0.3 is 5.32 Å². The molecule has 3 rings (SSSR count). The lowest BCUT2D eigenvalue weighted by Gasteiger charge is -2.54. The van der Waals surface area contributed by atoms with Gasteiger partial charge in [0.1, 0.15) is 0 Å². The van der Waals surface area contributed by atoms with Gasteiger partial charge in [0, 0.05) is 24.7 Å². The molecule has 0 amide bonds. The van der Waals surface area contributed by atoms with Crippen molar-refractivity contribution < 1.29 is 0 Å². The number of rotatable bonds is 0. The summed E-state index contributed by atoms with van der Waals surface area (Å²) in [6.07, 6.45) is 1.42. The van der Waals surface area contributed by atoms with Gasteiger partial charge in [0.05, 0.1) is 0 Å². The minimum atomic E-state index is 0.722. The number of piperidine rings is 1. The molecule has 0 aromatic heterocycles. The molecule has 0 saturated carbocycles. The molecule has 0 spiro atoms. The first-order valence-corrected chi connectivity index (χ1v) is 3.74. The monoisotopic (exact) mass is 126 g/mol. The number of fused-ring (bicyclic) bond motifs is 2. The first kappa shape index (κ1) is 5.69. The summed E-state index contributed by atoms with van der Waals surface area (Å²) in [5.41, 5.74) is 0. The average Bonchev–Trinajstić information content (AvgIpc) is 1.86. The van der Waals surface area contributed by atoms with Crippen molar-refractivity contribution in [3.63, 3.8) is 0 Å². The predicted molar refractivity (Wildman–Crippen MR) is 37.4 cm³/mol. The van der Waals surface area contributed by atoms with Gasteiger partial charge in [-0.1, -0.05) is 0 Å². The lowest BCUT2D eigenvalue weighted by atomic mass is 9.85. The van der Waals surface area contributed by atoms with E-state index in [1.54, 1.807) is 0 Å². The molecule has 3 heterocycles. The van der Waals surface area contributed by atoms with Crippen LogP contribution in [0.4, 0.5) is 0 Å². The van der Waals surface area contributed by atoms with Gasteiger partial charge in [-0.2, -0.15) is 0 Å². The van der Waals surface area contributed by atoms with E-state index >= 15 is 0 Å². The van der Waals surface area contributed by atoms with E-state index < -0.39 is 0 Å². The molecule has 2 heteroatoms. The highest BCUT2D eigenvalue weighted by Gasteiger charge is 2.42. The van der Waals surface area contributed by atoms with Crippen LogP contribution in [0.5, 0.6) is 0 Å². The number of piperazine rings is 1. The van der Waals surface area contributed by atoms with Crippen molar-refractivity contribution in [3.8, 4) is 0 Å². The van der Waals surface area contributed by atoms with Crippen LogP contribution < -0.4 is 5.32 Å². The summed E-state index contributed by atoms with van der Waals surface area (Å²) in [4.78, 5) is 2.49. The van der Waals surface area contributed by atoms with E-state index in [0.29, 0.717) is 0 Å². The van der Waals surface area contributed by atoms with Gasteiger partial charge in [-0.25, -0.2) is 0 Å². The molecule has 3 atom stereocenters. The third-order valence-corrected chi connectivity index (χ3v) is 2.87. The predicted octanol–water partition coefficient (Wildman–Crippen LogP) is 0.0508. The van der Waals surface area contributed by atoms with Crippen molar-refractivity contribution >= 4 is 0 Å². The summed E-state index contributed by atoms with van der Waals surface area (Å²) in [5.74, 6) is 0. The number of nitrogens with one attached hydrogen (secondary N) is 1. The van der Waals surface area contributed by atoms with Crippen molar-refractivity contribution in [1.29, 1.82) is 0 Å². The van der Waals surface area contributed by atoms with Crippen molar-refractivity contribution in [2.75, 3.05) is 13.6 Å². The molecule has 1 N–H and O–H groups in total. The second-order valence-electron chi connectivity index (χ2n) is 3.32. The Morgan fingerprint density at radius 2 is 2.33 bits per heavy atom. The van der Waals surface area contributed by atoms with Gasteiger partial charge >= 0.3 is 0 Å². The summed E-state index contributed by atoms with van der Waals surface area (Å²) < 4.78 is 0. The first-order chi connectivity index (χ1) is 4.29. The van der Waals surface area contributed by atoms with Gasteiger partial charge in [0.2, 0.25) is 0 Å². The molecule has 2 bridgehead atoms. The molecule has 52 valence electrons. The molecule has 0 aromatic rings. The van der Waals surface area contributed by atoms with Crippen LogP contribution in [0.3, 0.4) is 0 Å². The van der Waals surface area contributed by atoms with E-state index in [-0.39, 0.29) is 0 Å². The molecule has 3 aliphatic heterocycles. The van der Waals surface area contributed by atoms with Crippen LogP contribution >= 0.6 is 0 Å². The van der Waals surface area contributed by atoms with E-state index in [2.05, 4.69) is 24.2 Å². The number of hydrogen-bond acceptors (Lipinski definition) is 2. The zero-order valence-corrected chi connectivity index (χ0v) is 6.09. The Labute approximate surface area is 56.2 Å². The van der Waals surface area contributed by atoms with Crippen LogP contribution in [0.2, 0.25) is 0 Å². The fraction of sp³-hybridized carbons (Fsp3) is 1.00. The Balaban J connectivity index is 2.06. The van der Waals surface area contributed by atoms with Gasteiger partial charge in [0.15, 0.2) is 0 Å². The largest absolute Gasteiger partial charge is 0.311 e. The van der Waals surface area contributed by atoms with Crippen LogP contribution in [-0.4, -0.2) is 36.6 Å². The maximum Gasteiger partial charge on any atom is 0.0262 e. The zero-order valence-electron chi connectivity index (χ0n) is 6.09. The summed E-state index contributed by atoms with van der Waals surface area (Å²) in [6, 6.07) is 2.41. The maximum atomic E-state index is 3.47. The molecule has 3 saturated heterocycles. The minimum Gasteiger partial charge on any atom is -0.311 e. The van der Waals surface area contributed by atoms with Crippen LogP contribution in [0.25, 0.3) is 0 Å². The Bertz CT molecular complexity index is 118. The number of hydrogen-bond donors (Lipinski definition) is 1. The molecular weight excluding hydrogens is 112 g/mol. The van der Waals surface area contributed by atoms with Crippen molar-refractivity contribution in [1.82, 2.24) is 10.2 Å². The van der Waals surface area contributed by atoms with Crippen LogP contribution in [0.1, 0.15) is 13.3 Å². The molecule has 2 nitrogen and oxygen atoms in total. The van der Waals surface area contributed by atoms with Gasteiger partial charge in [-0.15, -0.1) is 0 Å². The molecule has 3 unspecified atom stereocenters. The Morgan fingerprint density at radius 3 is 2.67 bits per heavy atom. The van der Waals surface area contributed by atoms with E-state index in [0.717, 1.165) is 18.1 Å². The van der Waals surface area contributed by atoms with Crippen LogP contribution in [0, 0.1) is 0 Å². The summed E-state index contributed by atoms with van der Waals surface area (Å²) in [7, 11) is 2.23. The van der Waals surface area contributed by atoms with E-state index in [1.165, 1.54) is 13.0 Å². The van der Waals surface area contributed by atoms with Crippen molar-refractivity contribution in [2.45, 2.75) is 31.5 Å². The Morgan fingerprint density at radius 1 is 1.56 bits per heavy atom. The molecule has 0 aliphatic carbocycles. The maximum absolute atomic E-state index is 3.47. The Kier molecular flexibility index (Phi) is 1.08. The third-order valence-electron chi connectivity index (χ3n) is 2.87. The zero-order chi connectivity index (χ0) is 6.43. The average molecular weight is 126 g/mol. The van der Waals surface area contributed by atoms with Gasteiger partial charge in [-0.3, -0.25) is 4.90 Å². The molecule has 3 aliphatic rings. The highest BCUT2D eigenvalue weighted by atomic mass is 15.3. The minimum absolute atomic E-state index is 0.722. The second kappa shape index (κ2) is 1.70. The lowest BCUT2D eigenvalue weighted by molar-refractivity contribution is -0.0149. The lowest BCUT2D eigenvalue weighted by Crippen LogP contribution is -2.69. The highest BCUT2D eigenvalue weighted by Crippen LogP contribution is 2.29. The van der Waals surface area contributed by atoms with Gasteiger partial charge in [-0.05, 0) is 20.4 Å². The fourth-order valence-electron chi connectivity index (χ4n) is 1.99. The highest BCUT2D eigenvalue weighted by molar-refractivity contribution is 5.01. The normalized spacial score (nSPS) is 50.7. The van der Waals surface area contributed by atoms with Crippen molar-refractivity contribution in [3.05, 3.63) is 0 Å². The summed E-state index contributed by atoms with van der Waals surface area (Å²) in [6.45, 7) is 3.48. The molecular formula is C7H14N2. The van der Waals surface area contributed by atoms with E-state index in [4.69, 9.17) is 0 Å². The summed E-state index contributed by atoms with van der Waals surface area (Å²) >= 11 is 0. The number of likely N-dealkylation sites (N-methyl/N-ethyl adjacent to an activating group) is 1. The van der Waals surface area contributed by atoms with E-state index in [1.807, 2.05) is 0 Å². The van der Waals surface area contributed by atoms with E-state index in [9.17, 15) is 0 Å². The Hall–Kier alpha value is -0.0800. The van der Waals surface area contributed by atoms with Crippen molar-refractivity contribution in [2.24, 2.45) is 0 Å². The smallest absolute Gasteiger partial charge is 0.0262 e. The molecule has 0 aromatic carbocycles. The van der Waals surface area contributed by atoms with Crippen LogP contribution in [0.15, 0.2) is 0 Å². The van der Waals surface area contributed by atoms with Crippen LogP contribution in [-0.2, 0) is 0 Å². The standard InChI is InChI=1S/C7H14N2/c1-5-7-3-6(4-8-5)9(7)2/h5-8H,3-4H2,1-2H3. The number of nitrogens with zero attached hydrogens (tertiary/aromatic N) is 1. The quantitative estimate of drug-likeness (QED) is 0.493. The fourth-order valence-corrected chi connectivity index (χ4v) is 1.99. The molecule has 9 heavy (non-hydrogen) atoms.